The van der Waals surface area contributed by atoms with Gasteiger partial charge in [0.1, 0.15) is 0 Å². The Kier molecular flexibility index (Phi) is 4.86. The van der Waals surface area contributed by atoms with Gasteiger partial charge in [0.2, 0.25) is 5.91 Å². The summed E-state index contributed by atoms with van der Waals surface area (Å²) in [6.45, 7) is 1.71. The Morgan fingerprint density at radius 2 is 2.00 bits per heavy atom. The molecule has 1 atom stereocenters. The molecule has 2 fully saturated rings. The van der Waals surface area contributed by atoms with Gasteiger partial charge in [0, 0.05) is 36.3 Å². The fourth-order valence-electron chi connectivity index (χ4n) is 3.34. The van der Waals surface area contributed by atoms with E-state index in [1.165, 1.54) is 11.3 Å². The molecule has 0 bridgehead atoms. The van der Waals surface area contributed by atoms with E-state index >= 15 is 0 Å². The summed E-state index contributed by atoms with van der Waals surface area (Å²) in [6.07, 6.45) is 5.20. The summed E-state index contributed by atoms with van der Waals surface area (Å²) in [4.78, 5) is 13.3. The molecular formula is C17H23NO2S. The normalized spacial score (nSPS) is 23.5. The SMILES string of the molecule is O=C(CCSc1ccccc1)NC1CCC12CCOCC2. The van der Waals surface area contributed by atoms with Gasteiger partial charge >= 0.3 is 0 Å². The summed E-state index contributed by atoms with van der Waals surface area (Å²) < 4.78 is 5.45. The quantitative estimate of drug-likeness (QED) is 0.849. The first kappa shape index (κ1) is 14.9. The van der Waals surface area contributed by atoms with Gasteiger partial charge in [0.25, 0.3) is 0 Å². The Labute approximate surface area is 130 Å². The summed E-state index contributed by atoms with van der Waals surface area (Å²) in [7, 11) is 0. The fourth-order valence-corrected chi connectivity index (χ4v) is 4.22. The Morgan fingerprint density at radius 3 is 2.67 bits per heavy atom. The number of rotatable bonds is 5. The van der Waals surface area contributed by atoms with E-state index in [9.17, 15) is 4.79 Å². The lowest BCUT2D eigenvalue weighted by atomic mass is 9.60. The second kappa shape index (κ2) is 6.84. The fraction of sp³-hybridized carbons (Fsp3) is 0.588. The number of benzene rings is 1. The molecule has 1 aliphatic carbocycles. The van der Waals surface area contributed by atoms with Gasteiger partial charge < -0.3 is 10.1 Å². The molecule has 1 saturated heterocycles. The number of nitrogens with one attached hydrogen (secondary N) is 1. The molecule has 1 saturated carbocycles. The van der Waals surface area contributed by atoms with E-state index in [-0.39, 0.29) is 5.91 Å². The van der Waals surface area contributed by atoms with Crippen molar-refractivity contribution in [3.63, 3.8) is 0 Å². The van der Waals surface area contributed by atoms with E-state index in [1.807, 2.05) is 18.2 Å². The van der Waals surface area contributed by atoms with Crippen molar-refractivity contribution in [3.05, 3.63) is 30.3 Å². The topological polar surface area (TPSA) is 38.3 Å². The molecule has 1 amide bonds. The van der Waals surface area contributed by atoms with Crippen LogP contribution in [-0.4, -0.2) is 30.9 Å². The van der Waals surface area contributed by atoms with E-state index in [0.29, 0.717) is 17.9 Å². The van der Waals surface area contributed by atoms with Crippen LogP contribution in [0.15, 0.2) is 35.2 Å². The third-order valence-electron chi connectivity index (χ3n) is 4.83. The van der Waals surface area contributed by atoms with Gasteiger partial charge in [0.15, 0.2) is 0 Å². The third kappa shape index (κ3) is 3.61. The molecule has 1 spiro atoms. The first-order valence-electron chi connectivity index (χ1n) is 7.83. The number of carbonyl (C=O) groups is 1. The summed E-state index contributed by atoms with van der Waals surface area (Å²) in [5.41, 5.74) is 0.348. The lowest BCUT2D eigenvalue weighted by Crippen LogP contribution is -2.57. The molecule has 3 rings (SSSR count). The summed E-state index contributed by atoms with van der Waals surface area (Å²) >= 11 is 1.75. The first-order valence-corrected chi connectivity index (χ1v) is 8.82. The standard InChI is InChI=1S/C17H23NO2S/c19-16(7-13-21-14-4-2-1-3-5-14)18-15-6-8-17(15)9-11-20-12-10-17/h1-5,15H,6-13H2,(H,18,19). The summed E-state index contributed by atoms with van der Waals surface area (Å²) in [6, 6.07) is 10.6. The Morgan fingerprint density at radius 1 is 1.24 bits per heavy atom. The van der Waals surface area contributed by atoms with Crippen molar-refractivity contribution in [1.29, 1.82) is 0 Å². The van der Waals surface area contributed by atoms with Crippen molar-refractivity contribution in [2.75, 3.05) is 19.0 Å². The minimum Gasteiger partial charge on any atom is -0.381 e. The van der Waals surface area contributed by atoms with Crippen LogP contribution in [0.2, 0.25) is 0 Å². The zero-order valence-electron chi connectivity index (χ0n) is 12.3. The van der Waals surface area contributed by atoms with E-state index in [2.05, 4.69) is 17.4 Å². The van der Waals surface area contributed by atoms with Crippen molar-refractivity contribution < 1.29 is 9.53 Å². The largest absolute Gasteiger partial charge is 0.381 e. The van der Waals surface area contributed by atoms with Crippen LogP contribution in [0.4, 0.5) is 0 Å². The highest BCUT2D eigenvalue weighted by Gasteiger charge is 2.47. The summed E-state index contributed by atoms with van der Waals surface area (Å²) in [5.74, 6) is 1.05. The molecule has 1 aromatic rings. The number of amides is 1. The van der Waals surface area contributed by atoms with Crippen LogP contribution in [0.25, 0.3) is 0 Å². The molecule has 21 heavy (non-hydrogen) atoms. The Balaban J connectivity index is 1.40. The average Bonchev–Trinajstić information content (AvgIpc) is 2.53. The third-order valence-corrected chi connectivity index (χ3v) is 5.85. The molecule has 3 nitrogen and oxygen atoms in total. The molecule has 1 heterocycles. The van der Waals surface area contributed by atoms with Crippen molar-refractivity contribution in [2.45, 2.75) is 43.0 Å². The highest BCUT2D eigenvalue weighted by molar-refractivity contribution is 7.99. The number of carbonyl (C=O) groups excluding carboxylic acids is 1. The molecule has 114 valence electrons. The van der Waals surface area contributed by atoms with Crippen LogP contribution < -0.4 is 5.32 Å². The van der Waals surface area contributed by atoms with Crippen molar-refractivity contribution in [2.24, 2.45) is 5.41 Å². The molecule has 1 aromatic carbocycles. The number of hydrogen-bond acceptors (Lipinski definition) is 3. The molecule has 1 aliphatic heterocycles. The Bertz CT molecular complexity index is 471. The van der Waals surface area contributed by atoms with Crippen LogP contribution in [0, 0.1) is 5.41 Å². The summed E-state index contributed by atoms with van der Waals surface area (Å²) in [5, 5.41) is 3.26. The number of ether oxygens (including phenoxy) is 1. The maximum Gasteiger partial charge on any atom is 0.221 e. The predicted molar refractivity (Wildman–Crippen MR) is 85.4 cm³/mol. The van der Waals surface area contributed by atoms with Crippen LogP contribution in [0.1, 0.15) is 32.1 Å². The second-order valence-corrected chi connectivity index (χ2v) is 7.21. The molecule has 2 aliphatic rings. The van der Waals surface area contributed by atoms with Gasteiger partial charge in [-0.3, -0.25) is 4.79 Å². The van der Waals surface area contributed by atoms with Crippen LogP contribution in [0.5, 0.6) is 0 Å². The zero-order chi connectivity index (χ0) is 14.5. The highest BCUT2D eigenvalue weighted by Crippen LogP contribution is 2.48. The number of thioether (sulfide) groups is 1. The van der Waals surface area contributed by atoms with Gasteiger partial charge in [0.05, 0.1) is 0 Å². The maximum atomic E-state index is 12.1. The van der Waals surface area contributed by atoms with Gasteiger partial charge in [-0.15, -0.1) is 11.8 Å². The van der Waals surface area contributed by atoms with Crippen molar-refractivity contribution in [3.8, 4) is 0 Å². The van der Waals surface area contributed by atoms with Crippen LogP contribution in [0.3, 0.4) is 0 Å². The zero-order valence-corrected chi connectivity index (χ0v) is 13.2. The van der Waals surface area contributed by atoms with Gasteiger partial charge in [-0.05, 0) is 43.2 Å². The monoisotopic (exact) mass is 305 g/mol. The van der Waals surface area contributed by atoms with Gasteiger partial charge in [-0.2, -0.15) is 0 Å². The lowest BCUT2D eigenvalue weighted by molar-refractivity contribution is -0.126. The molecular weight excluding hydrogens is 282 g/mol. The lowest BCUT2D eigenvalue weighted by Gasteiger charge is -2.52. The van der Waals surface area contributed by atoms with Gasteiger partial charge in [-0.1, -0.05) is 18.2 Å². The predicted octanol–water partition coefficient (Wildman–Crippen LogP) is 3.24. The average molecular weight is 305 g/mol. The van der Waals surface area contributed by atoms with Gasteiger partial charge in [-0.25, -0.2) is 0 Å². The molecule has 1 unspecified atom stereocenters. The highest BCUT2D eigenvalue weighted by atomic mass is 32.2. The minimum atomic E-state index is 0.203. The number of hydrogen-bond donors (Lipinski definition) is 1. The van der Waals surface area contributed by atoms with E-state index in [0.717, 1.165) is 38.2 Å². The molecule has 0 radical (unpaired) electrons. The smallest absolute Gasteiger partial charge is 0.221 e. The van der Waals surface area contributed by atoms with Crippen molar-refractivity contribution in [1.82, 2.24) is 5.32 Å². The molecule has 4 heteroatoms. The van der Waals surface area contributed by atoms with E-state index in [1.54, 1.807) is 11.8 Å². The Hall–Kier alpha value is -1.00. The minimum absolute atomic E-state index is 0.203. The van der Waals surface area contributed by atoms with Crippen molar-refractivity contribution >= 4 is 17.7 Å². The maximum absolute atomic E-state index is 12.1. The molecule has 1 N–H and O–H groups in total. The van der Waals surface area contributed by atoms with Crippen LogP contribution in [-0.2, 0) is 9.53 Å². The first-order chi connectivity index (χ1) is 10.3. The van der Waals surface area contributed by atoms with Crippen LogP contribution >= 0.6 is 11.8 Å². The van der Waals surface area contributed by atoms with E-state index < -0.39 is 0 Å². The second-order valence-electron chi connectivity index (χ2n) is 6.05. The van der Waals surface area contributed by atoms with E-state index in [4.69, 9.17) is 4.74 Å². The molecule has 0 aromatic heterocycles.